The molecule has 0 spiro atoms. The summed E-state index contributed by atoms with van der Waals surface area (Å²) in [5.74, 6) is 0.859. The Kier molecular flexibility index (Phi) is 8.31. The van der Waals surface area contributed by atoms with Gasteiger partial charge in [0.2, 0.25) is 0 Å². The Hall–Kier alpha value is -1.89. The summed E-state index contributed by atoms with van der Waals surface area (Å²) in [7, 11) is 0. The summed E-state index contributed by atoms with van der Waals surface area (Å²) in [4.78, 5) is 8.58. The van der Waals surface area contributed by atoms with Crippen molar-refractivity contribution in [1.82, 2.24) is 15.5 Å². The highest BCUT2D eigenvalue weighted by atomic mass is 32.1. The molecule has 3 N–H and O–H groups in total. The number of benzene rings is 1. The summed E-state index contributed by atoms with van der Waals surface area (Å²) < 4.78 is 0. The maximum absolute atomic E-state index is 9.65. The van der Waals surface area contributed by atoms with Gasteiger partial charge in [0.25, 0.3) is 0 Å². The largest absolute Gasteiger partial charge is 0.393 e. The highest BCUT2D eigenvalue weighted by Crippen LogP contribution is 2.26. The van der Waals surface area contributed by atoms with E-state index in [1.807, 2.05) is 0 Å². The molecule has 1 aromatic carbocycles. The number of hydrogen-bond acceptors (Lipinski definition) is 4. The third-order valence-electron chi connectivity index (χ3n) is 5.64. The van der Waals surface area contributed by atoms with Crippen molar-refractivity contribution in [2.75, 3.05) is 26.2 Å². The molecule has 0 bridgehead atoms. The van der Waals surface area contributed by atoms with Gasteiger partial charge >= 0.3 is 0 Å². The molecule has 1 fully saturated rings. The maximum atomic E-state index is 9.65. The van der Waals surface area contributed by atoms with Crippen molar-refractivity contribution in [3.63, 3.8) is 0 Å². The quantitative estimate of drug-likeness (QED) is 0.443. The topological polar surface area (TPSA) is 59.9 Å². The third kappa shape index (κ3) is 6.83. The molecule has 0 unspecified atom stereocenters. The highest BCUT2D eigenvalue weighted by molar-refractivity contribution is 7.10. The molecule has 1 aliphatic rings. The fraction of sp³-hybridized carbons (Fsp3) is 0.542. The van der Waals surface area contributed by atoms with Crippen LogP contribution in [0.2, 0.25) is 0 Å². The Labute approximate surface area is 185 Å². The summed E-state index contributed by atoms with van der Waals surface area (Å²) in [5, 5.41) is 18.6. The number of thiophene rings is 1. The molecular formula is C24H36N4OS. The van der Waals surface area contributed by atoms with E-state index in [-0.39, 0.29) is 11.5 Å². The van der Waals surface area contributed by atoms with E-state index in [4.69, 9.17) is 4.99 Å². The summed E-state index contributed by atoms with van der Waals surface area (Å²) in [6, 6.07) is 13.1. The summed E-state index contributed by atoms with van der Waals surface area (Å²) in [6.07, 6.45) is 1.66. The SMILES string of the molecule is CCNC(=NCc1ccc(CN2CCC(O)CC2)cc1)NCC(C)(C)c1cccs1. The molecule has 1 aromatic heterocycles. The molecule has 0 aliphatic carbocycles. The van der Waals surface area contributed by atoms with Crippen LogP contribution >= 0.6 is 11.3 Å². The van der Waals surface area contributed by atoms with E-state index in [0.717, 1.165) is 51.5 Å². The van der Waals surface area contributed by atoms with Crippen molar-refractivity contribution >= 4 is 17.3 Å². The van der Waals surface area contributed by atoms with Crippen molar-refractivity contribution in [2.24, 2.45) is 4.99 Å². The van der Waals surface area contributed by atoms with Crippen LogP contribution in [0.5, 0.6) is 0 Å². The molecule has 1 aliphatic heterocycles. The monoisotopic (exact) mass is 428 g/mol. The fourth-order valence-electron chi connectivity index (χ4n) is 3.65. The van der Waals surface area contributed by atoms with E-state index in [0.29, 0.717) is 6.54 Å². The lowest BCUT2D eigenvalue weighted by atomic mass is 9.91. The number of aliphatic imine (C=N–C) groups is 1. The molecule has 2 aromatic rings. The summed E-state index contributed by atoms with van der Waals surface area (Å²) in [6.45, 7) is 11.9. The minimum absolute atomic E-state index is 0.0660. The Balaban J connectivity index is 1.52. The van der Waals surface area contributed by atoms with E-state index >= 15 is 0 Å². The second-order valence-corrected chi connectivity index (χ2v) is 9.68. The number of aliphatic hydroxyl groups excluding tert-OH is 1. The number of aliphatic hydroxyl groups is 1. The molecule has 30 heavy (non-hydrogen) atoms. The van der Waals surface area contributed by atoms with Gasteiger partial charge in [-0.1, -0.05) is 44.2 Å². The number of guanidine groups is 1. The van der Waals surface area contributed by atoms with Gasteiger partial charge in [-0.25, -0.2) is 4.99 Å². The van der Waals surface area contributed by atoms with Crippen LogP contribution in [0.25, 0.3) is 0 Å². The van der Waals surface area contributed by atoms with Gasteiger partial charge in [-0.3, -0.25) is 4.90 Å². The predicted molar refractivity (Wildman–Crippen MR) is 127 cm³/mol. The van der Waals surface area contributed by atoms with Crippen LogP contribution in [-0.4, -0.2) is 48.2 Å². The standard InChI is InChI=1S/C24H36N4OS/c1-4-25-23(27-18-24(2,3)22-6-5-15-30-22)26-16-19-7-9-20(10-8-19)17-28-13-11-21(29)12-14-28/h5-10,15,21,29H,4,11-14,16-18H2,1-3H3,(H2,25,26,27). The van der Waals surface area contributed by atoms with Gasteiger partial charge in [-0.2, -0.15) is 0 Å². The van der Waals surface area contributed by atoms with Crippen LogP contribution in [0, 0.1) is 0 Å². The van der Waals surface area contributed by atoms with E-state index in [9.17, 15) is 5.11 Å². The minimum atomic E-state index is -0.114. The first-order chi connectivity index (χ1) is 14.5. The zero-order chi connectivity index (χ0) is 21.4. The van der Waals surface area contributed by atoms with Gasteiger partial charge < -0.3 is 15.7 Å². The Morgan fingerprint density at radius 2 is 1.83 bits per heavy atom. The molecule has 3 rings (SSSR count). The van der Waals surface area contributed by atoms with Crippen LogP contribution in [0.4, 0.5) is 0 Å². The van der Waals surface area contributed by atoms with Crippen LogP contribution in [0.15, 0.2) is 46.8 Å². The zero-order valence-electron chi connectivity index (χ0n) is 18.5. The average Bonchev–Trinajstić information content (AvgIpc) is 3.29. The number of likely N-dealkylation sites (tertiary alicyclic amines) is 1. The lowest BCUT2D eigenvalue weighted by Crippen LogP contribution is -2.43. The molecule has 5 nitrogen and oxygen atoms in total. The normalized spacial score (nSPS) is 16.6. The van der Waals surface area contributed by atoms with Gasteiger partial charge in [-0.15, -0.1) is 11.3 Å². The van der Waals surface area contributed by atoms with Crippen molar-refractivity contribution in [3.8, 4) is 0 Å². The molecule has 2 heterocycles. The molecular weight excluding hydrogens is 392 g/mol. The smallest absolute Gasteiger partial charge is 0.191 e. The highest BCUT2D eigenvalue weighted by Gasteiger charge is 2.22. The Morgan fingerprint density at radius 3 is 2.47 bits per heavy atom. The number of nitrogens with one attached hydrogen (secondary N) is 2. The Bertz CT molecular complexity index is 778. The lowest BCUT2D eigenvalue weighted by molar-refractivity contribution is 0.0792. The van der Waals surface area contributed by atoms with Crippen molar-refractivity contribution in [3.05, 3.63) is 57.8 Å². The van der Waals surface area contributed by atoms with Gasteiger partial charge in [0.05, 0.1) is 12.6 Å². The maximum Gasteiger partial charge on any atom is 0.191 e. The Morgan fingerprint density at radius 1 is 1.13 bits per heavy atom. The third-order valence-corrected chi connectivity index (χ3v) is 6.87. The van der Waals surface area contributed by atoms with E-state index < -0.39 is 0 Å². The molecule has 164 valence electrons. The van der Waals surface area contributed by atoms with Crippen molar-refractivity contribution in [1.29, 1.82) is 0 Å². The van der Waals surface area contributed by atoms with Gasteiger partial charge in [-0.05, 0) is 42.3 Å². The van der Waals surface area contributed by atoms with E-state index in [1.54, 1.807) is 11.3 Å². The fourth-order valence-corrected chi connectivity index (χ4v) is 4.51. The molecule has 0 atom stereocenters. The van der Waals surface area contributed by atoms with Crippen molar-refractivity contribution in [2.45, 2.75) is 58.2 Å². The van der Waals surface area contributed by atoms with Crippen LogP contribution < -0.4 is 10.6 Å². The van der Waals surface area contributed by atoms with Crippen molar-refractivity contribution < 1.29 is 5.11 Å². The molecule has 1 saturated heterocycles. The number of rotatable bonds is 8. The molecule has 6 heteroatoms. The van der Waals surface area contributed by atoms with Gasteiger partial charge in [0, 0.05) is 43.0 Å². The second kappa shape index (κ2) is 10.9. The van der Waals surface area contributed by atoms with Crippen LogP contribution in [0.1, 0.15) is 49.6 Å². The van der Waals surface area contributed by atoms with E-state index in [1.165, 1.54) is 16.0 Å². The van der Waals surface area contributed by atoms with E-state index in [2.05, 4.69) is 78.1 Å². The molecule has 0 amide bonds. The molecule has 0 radical (unpaired) electrons. The summed E-state index contributed by atoms with van der Waals surface area (Å²) >= 11 is 1.80. The first kappa shape index (κ1) is 22.8. The van der Waals surface area contributed by atoms with Crippen LogP contribution in [-0.2, 0) is 18.5 Å². The van der Waals surface area contributed by atoms with Gasteiger partial charge in [0.1, 0.15) is 0 Å². The van der Waals surface area contributed by atoms with Crippen LogP contribution in [0.3, 0.4) is 0 Å². The molecule has 0 saturated carbocycles. The van der Waals surface area contributed by atoms with Gasteiger partial charge in [0.15, 0.2) is 5.96 Å². The average molecular weight is 429 g/mol. The number of nitrogens with zero attached hydrogens (tertiary/aromatic N) is 2. The summed E-state index contributed by atoms with van der Waals surface area (Å²) in [5.41, 5.74) is 2.60. The minimum Gasteiger partial charge on any atom is -0.393 e. The number of piperidine rings is 1. The second-order valence-electron chi connectivity index (χ2n) is 8.73. The number of hydrogen-bond donors (Lipinski definition) is 3. The lowest BCUT2D eigenvalue weighted by Gasteiger charge is -2.29. The zero-order valence-corrected chi connectivity index (χ0v) is 19.3. The first-order valence-electron chi connectivity index (χ1n) is 11.0. The first-order valence-corrected chi connectivity index (χ1v) is 11.9. The predicted octanol–water partition coefficient (Wildman–Crippen LogP) is 3.74.